The van der Waals surface area contributed by atoms with E-state index in [0.717, 1.165) is 12.5 Å². The van der Waals surface area contributed by atoms with Crippen molar-refractivity contribution in [3.8, 4) is 0 Å². The van der Waals surface area contributed by atoms with Gasteiger partial charge in [0.1, 0.15) is 0 Å². The lowest BCUT2D eigenvalue weighted by Gasteiger charge is -2.12. The quantitative estimate of drug-likeness (QED) is 0.565. The van der Waals surface area contributed by atoms with E-state index in [4.69, 9.17) is 5.73 Å². The molecule has 0 rings (SSSR count). The molecule has 11 heavy (non-hydrogen) atoms. The van der Waals surface area contributed by atoms with Gasteiger partial charge < -0.3 is 5.73 Å². The molecule has 0 aromatic rings. The van der Waals surface area contributed by atoms with Crippen molar-refractivity contribution >= 4 is 0 Å². The summed E-state index contributed by atoms with van der Waals surface area (Å²) >= 11 is 0. The normalized spacial score (nSPS) is 13.4. The van der Waals surface area contributed by atoms with Crippen LogP contribution >= 0.6 is 0 Å². The van der Waals surface area contributed by atoms with Gasteiger partial charge in [-0.15, -0.1) is 0 Å². The van der Waals surface area contributed by atoms with Gasteiger partial charge in [-0.2, -0.15) is 0 Å². The first-order chi connectivity index (χ1) is 5.35. The fraction of sp³-hybridized carbons (Fsp3) is 1.00. The summed E-state index contributed by atoms with van der Waals surface area (Å²) in [5.74, 6) is 0.895. The van der Waals surface area contributed by atoms with Crippen LogP contribution in [0.3, 0.4) is 0 Å². The molecule has 0 bridgehead atoms. The summed E-state index contributed by atoms with van der Waals surface area (Å²) in [6.45, 7) is 5.39. The second-order valence-electron chi connectivity index (χ2n) is 3.35. The Morgan fingerprint density at radius 2 is 1.82 bits per heavy atom. The minimum atomic E-state index is 0.866. The van der Waals surface area contributed by atoms with Crippen molar-refractivity contribution in [1.82, 2.24) is 0 Å². The van der Waals surface area contributed by atoms with Crippen LogP contribution in [0, 0.1) is 5.92 Å². The molecule has 0 aliphatic carbocycles. The van der Waals surface area contributed by atoms with Gasteiger partial charge >= 0.3 is 0 Å². The number of hydrogen-bond donors (Lipinski definition) is 1. The Labute approximate surface area is 71.4 Å². The van der Waals surface area contributed by atoms with Gasteiger partial charge in [-0.05, 0) is 18.9 Å². The van der Waals surface area contributed by atoms with E-state index in [1.807, 2.05) is 0 Å². The van der Waals surface area contributed by atoms with Crippen molar-refractivity contribution in [3.05, 3.63) is 0 Å². The second kappa shape index (κ2) is 8.06. The van der Waals surface area contributed by atoms with Gasteiger partial charge in [0.15, 0.2) is 0 Å². The first kappa shape index (κ1) is 11.0. The molecule has 68 valence electrons. The molecule has 0 aromatic heterocycles. The summed E-state index contributed by atoms with van der Waals surface area (Å²) in [7, 11) is 0. The van der Waals surface area contributed by atoms with E-state index in [1.54, 1.807) is 0 Å². The maximum atomic E-state index is 5.51. The molecule has 0 aliphatic heterocycles. The maximum Gasteiger partial charge on any atom is -0.00746 e. The third-order valence-corrected chi connectivity index (χ3v) is 2.37. The maximum absolute atomic E-state index is 5.51. The van der Waals surface area contributed by atoms with Gasteiger partial charge in [0, 0.05) is 0 Å². The van der Waals surface area contributed by atoms with Crippen LogP contribution in [-0.2, 0) is 0 Å². The van der Waals surface area contributed by atoms with Crippen LogP contribution in [0.2, 0.25) is 0 Å². The smallest absolute Gasteiger partial charge is 0.00746 e. The molecule has 0 fully saturated rings. The predicted octanol–water partition coefficient (Wildman–Crippen LogP) is 2.94. The van der Waals surface area contributed by atoms with Crippen LogP contribution in [0.15, 0.2) is 0 Å². The molecular formula is C10H23N. The lowest BCUT2D eigenvalue weighted by Crippen LogP contribution is -2.07. The van der Waals surface area contributed by atoms with E-state index in [0.29, 0.717) is 0 Å². The van der Waals surface area contributed by atoms with Gasteiger partial charge in [0.25, 0.3) is 0 Å². The van der Waals surface area contributed by atoms with Gasteiger partial charge in [0.05, 0.1) is 0 Å². The molecular weight excluding hydrogens is 134 g/mol. The molecule has 0 saturated carbocycles. The number of nitrogens with two attached hydrogens (primary N) is 1. The molecule has 0 aliphatic rings. The van der Waals surface area contributed by atoms with E-state index < -0.39 is 0 Å². The third kappa shape index (κ3) is 6.36. The average molecular weight is 157 g/mol. The minimum Gasteiger partial charge on any atom is -0.330 e. The van der Waals surface area contributed by atoms with Crippen molar-refractivity contribution in [1.29, 1.82) is 0 Å². The molecule has 0 unspecified atom stereocenters. The molecule has 0 amide bonds. The zero-order valence-electron chi connectivity index (χ0n) is 8.10. The van der Waals surface area contributed by atoms with Gasteiger partial charge in [-0.1, -0.05) is 46.0 Å². The summed E-state index contributed by atoms with van der Waals surface area (Å²) in [4.78, 5) is 0. The zero-order valence-corrected chi connectivity index (χ0v) is 8.10. The minimum absolute atomic E-state index is 0.866. The monoisotopic (exact) mass is 157 g/mol. The first-order valence-corrected chi connectivity index (χ1v) is 5.05. The fourth-order valence-corrected chi connectivity index (χ4v) is 1.47. The highest BCUT2D eigenvalue weighted by Crippen LogP contribution is 2.15. The lowest BCUT2D eigenvalue weighted by molar-refractivity contribution is 0.422. The molecule has 1 heteroatoms. The van der Waals surface area contributed by atoms with Crippen molar-refractivity contribution in [2.24, 2.45) is 11.7 Å². The summed E-state index contributed by atoms with van der Waals surface area (Å²) in [5.41, 5.74) is 5.51. The fourth-order valence-electron chi connectivity index (χ4n) is 1.47. The number of unbranched alkanes of at least 4 members (excludes halogenated alkanes) is 2. The summed E-state index contributed by atoms with van der Waals surface area (Å²) in [6, 6.07) is 0. The van der Waals surface area contributed by atoms with Crippen molar-refractivity contribution in [2.75, 3.05) is 6.54 Å². The molecule has 0 saturated heterocycles. The Bertz CT molecular complexity index is 71.3. The highest BCUT2D eigenvalue weighted by molar-refractivity contribution is 4.57. The zero-order chi connectivity index (χ0) is 8.53. The van der Waals surface area contributed by atoms with Crippen molar-refractivity contribution in [3.63, 3.8) is 0 Å². The Hall–Kier alpha value is -0.0400. The van der Waals surface area contributed by atoms with E-state index in [9.17, 15) is 0 Å². The highest BCUT2D eigenvalue weighted by atomic mass is 14.5. The van der Waals surface area contributed by atoms with Gasteiger partial charge in [0.2, 0.25) is 0 Å². The Balaban J connectivity index is 3.20. The summed E-state index contributed by atoms with van der Waals surface area (Å²) in [5, 5.41) is 0. The molecule has 1 atom stereocenters. The Morgan fingerprint density at radius 1 is 1.09 bits per heavy atom. The molecule has 1 nitrogen and oxygen atoms in total. The Morgan fingerprint density at radius 3 is 2.27 bits per heavy atom. The van der Waals surface area contributed by atoms with Crippen LogP contribution in [0.4, 0.5) is 0 Å². The summed E-state index contributed by atoms with van der Waals surface area (Å²) < 4.78 is 0. The Kier molecular flexibility index (Phi) is 8.03. The van der Waals surface area contributed by atoms with E-state index >= 15 is 0 Å². The third-order valence-electron chi connectivity index (χ3n) is 2.37. The van der Waals surface area contributed by atoms with E-state index in [-0.39, 0.29) is 0 Å². The lowest BCUT2D eigenvalue weighted by atomic mass is 9.95. The van der Waals surface area contributed by atoms with Crippen LogP contribution < -0.4 is 5.73 Å². The number of rotatable bonds is 7. The van der Waals surface area contributed by atoms with Gasteiger partial charge in [-0.3, -0.25) is 0 Å². The average Bonchev–Trinajstić information content (AvgIpc) is 2.03. The van der Waals surface area contributed by atoms with E-state index in [2.05, 4.69) is 13.8 Å². The first-order valence-electron chi connectivity index (χ1n) is 5.05. The molecule has 0 spiro atoms. The van der Waals surface area contributed by atoms with E-state index in [1.165, 1.54) is 38.5 Å². The topological polar surface area (TPSA) is 26.0 Å². The molecule has 0 aromatic carbocycles. The van der Waals surface area contributed by atoms with Crippen LogP contribution in [0.25, 0.3) is 0 Å². The molecule has 0 heterocycles. The largest absolute Gasteiger partial charge is 0.330 e. The van der Waals surface area contributed by atoms with Crippen molar-refractivity contribution < 1.29 is 0 Å². The van der Waals surface area contributed by atoms with Gasteiger partial charge in [-0.25, -0.2) is 0 Å². The molecule has 2 N–H and O–H groups in total. The van der Waals surface area contributed by atoms with Crippen LogP contribution in [0.5, 0.6) is 0 Å². The predicted molar refractivity (Wildman–Crippen MR) is 51.6 cm³/mol. The summed E-state index contributed by atoms with van der Waals surface area (Å²) in [6.07, 6.45) is 8.04. The highest BCUT2D eigenvalue weighted by Gasteiger charge is 2.03. The van der Waals surface area contributed by atoms with Crippen LogP contribution in [-0.4, -0.2) is 6.54 Å². The van der Waals surface area contributed by atoms with Crippen LogP contribution in [0.1, 0.15) is 52.4 Å². The standard InChI is InChI=1S/C10H23N/c1-3-5-6-7-10(4-2)8-9-11/h10H,3-9,11H2,1-2H3/t10-/m1/s1. The number of hydrogen-bond acceptors (Lipinski definition) is 1. The van der Waals surface area contributed by atoms with Crippen molar-refractivity contribution in [2.45, 2.75) is 52.4 Å². The second-order valence-corrected chi connectivity index (χ2v) is 3.35. The SMILES string of the molecule is CCCCC[C@@H](CC)CCN. The molecule has 0 radical (unpaired) electrons.